The molecule has 2 aromatic carbocycles. The van der Waals surface area contributed by atoms with Crippen LogP contribution in [0.4, 0.5) is 4.79 Å². The first-order valence-corrected chi connectivity index (χ1v) is 12.5. The second-order valence-corrected chi connectivity index (χ2v) is 10.4. The normalized spacial score (nSPS) is 13.0. The SMILES string of the molecule is CCN(C(=O)C(NC(=O)OC(C)(C)C)C(C)C)C(C(=O)NCc1ccccc1)c1ccc(C)c(C)c1. The highest BCUT2D eigenvalue weighted by Gasteiger charge is 2.36. The lowest BCUT2D eigenvalue weighted by Crippen LogP contribution is -2.54. The first-order chi connectivity index (χ1) is 16.8. The summed E-state index contributed by atoms with van der Waals surface area (Å²) in [4.78, 5) is 41.5. The topological polar surface area (TPSA) is 87.7 Å². The molecule has 0 heterocycles. The van der Waals surface area contributed by atoms with Crippen molar-refractivity contribution < 1.29 is 19.1 Å². The molecule has 3 amide bonds. The fourth-order valence-corrected chi connectivity index (χ4v) is 3.88. The highest BCUT2D eigenvalue weighted by molar-refractivity contribution is 5.92. The van der Waals surface area contributed by atoms with Crippen molar-refractivity contribution >= 4 is 17.9 Å². The first-order valence-electron chi connectivity index (χ1n) is 12.5. The molecule has 2 rings (SSSR count). The number of likely N-dealkylation sites (N-methyl/N-ethyl adjacent to an activating group) is 1. The molecule has 196 valence electrons. The van der Waals surface area contributed by atoms with Crippen LogP contribution >= 0.6 is 0 Å². The van der Waals surface area contributed by atoms with Crippen LogP contribution in [0.3, 0.4) is 0 Å². The Balaban J connectivity index is 2.40. The van der Waals surface area contributed by atoms with Crippen LogP contribution in [0, 0.1) is 19.8 Å². The van der Waals surface area contributed by atoms with E-state index in [1.54, 1.807) is 20.8 Å². The lowest BCUT2D eigenvalue weighted by atomic mass is 9.96. The molecule has 0 aromatic heterocycles. The molecule has 0 aliphatic carbocycles. The Morgan fingerprint density at radius 2 is 1.61 bits per heavy atom. The fraction of sp³-hybridized carbons (Fsp3) is 0.483. The van der Waals surface area contributed by atoms with E-state index in [2.05, 4.69) is 10.6 Å². The number of hydrogen-bond acceptors (Lipinski definition) is 4. The summed E-state index contributed by atoms with van der Waals surface area (Å²) in [7, 11) is 0. The van der Waals surface area contributed by atoms with Crippen molar-refractivity contribution in [2.75, 3.05) is 6.54 Å². The summed E-state index contributed by atoms with van der Waals surface area (Å²) < 4.78 is 5.39. The lowest BCUT2D eigenvalue weighted by molar-refractivity contribution is -0.143. The van der Waals surface area contributed by atoms with E-state index in [9.17, 15) is 14.4 Å². The van der Waals surface area contributed by atoms with E-state index in [-0.39, 0.29) is 24.3 Å². The number of ether oxygens (including phenoxy) is 1. The maximum atomic E-state index is 13.8. The molecular weight excluding hydrogens is 454 g/mol. The zero-order chi connectivity index (χ0) is 27.0. The third-order valence-corrected chi connectivity index (χ3v) is 5.95. The summed E-state index contributed by atoms with van der Waals surface area (Å²) in [6, 6.07) is 13.7. The average Bonchev–Trinajstić information content (AvgIpc) is 2.80. The molecule has 7 heteroatoms. The Kier molecular flexibility index (Phi) is 10.1. The van der Waals surface area contributed by atoms with Gasteiger partial charge < -0.3 is 20.3 Å². The molecule has 0 aliphatic rings. The van der Waals surface area contributed by atoms with E-state index in [0.29, 0.717) is 6.54 Å². The zero-order valence-electron chi connectivity index (χ0n) is 22.8. The zero-order valence-corrected chi connectivity index (χ0v) is 22.8. The Morgan fingerprint density at radius 3 is 2.14 bits per heavy atom. The van der Waals surface area contributed by atoms with Crippen molar-refractivity contribution in [3.05, 3.63) is 70.8 Å². The number of hydrogen-bond donors (Lipinski definition) is 2. The number of carbonyl (C=O) groups excluding carboxylic acids is 3. The molecule has 0 radical (unpaired) electrons. The molecule has 0 saturated carbocycles. The number of benzene rings is 2. The van der Waals surface area contributed by atoms with Crippen molar-refractivity contribution in [3.63, 3.8) is 0 Å². The van der Waals surface area contributed by atoms with Crippen LogP contribution in [0.15, 0.2) is 48.5 Å². The largest absolute Gasteiger partial charge is 0.444 e. The second kappa shape index (κ2) is 12.6. The highest BCUT2D eigenvalue weighted by atomic mass is 16.6. The second-order valence-electron chi connectivity index (χ2n) is 10.4. The number of nitrogens with one attached hydrogen (secondary N) is 2. The molecule has 2 unspecified atom stereocenters. The van der Waals surface area contributed by atoms with Gasteiger partial charge in [0.25, 0.3) is 0 Å². The molecule has 0 spiro atoms. The maximum Gasteiger partial charge on any atom is 0.408 e. The van der Waals surface area contributed by atoms with E-state index in [0.717, 1.165) is 22.3 Å². The van der Waals surface area contributed by atoms with E-state index in [4.69, 9.17) is 4.74 Å². The average molecular weight is 496 g/mol. The van der Waals surface area contributed by atoms with Crippen LogP contribution in [0.2, 0.25) is 0 Å². The van der Waals surface area contributed by atoms with Gasteiger partial charge >= 0.3 is 6.09 Å². The van der Waals surface area contributed by atoms with Gasteiger partial charge in [0.2, 0.25) is 11.8 Å². The van der Waals surface area contributed by atoms with Gasteiger partial charge in [-0.15, -0.1) is 0 Å². The Morgan fingerprint density at radius 1 is 0.972 bits per heavy atom. The molecule has 2 atom stereocenters. The first kappa shape index (κ1) is 28.9. The van der Waals surface area contributed by atoms with Crippen molar-refractivity contribution in [1.29, 1.82) is 0 Å². The van der Waals surface area contributed by atoms with Crippen LogP contribution in [-0.2, 0) is 20.9 Å². The van der Waals surface area contributed by atoms with Gasteiger partial charge in [0.1, 0.15) is 17.7 Å². The predicted octanol–water partition coefficient (Wildman–Crippen LogP) is 5.06. The number of aryl methyl sites for hydroxylation is 2. The van der Waals surface area contributed by atoms with Gasteiger partial charge in [0.05, 0.1) is 0 Å². The molecule has 0 saturated heterocycles. The lowest BCUT2D eigenvalue weighted by Gasteiger charge is -2.35. The van der Waals surface area contributed by atoms with Gasteiger partial charge in [-0.3, -0.25) is 9.59 Å². The summed E-state index contributed by atoms with van der Waals surface area (Å²) in [6.07, 6.45) is -0.665. The minimum absolute atomic E-state index is 0.216. The quantitative estimate of drug-likeness (QED) is 0.509. The van der Waals surface area contributed by atoms with Gasteiger partial charge in [-0.2, -0.15) is 0 Å². The minimum Gasteiger partial charge on any atom is -0.444 e. The van der Waals surface area contributed by atoms with Crippen LogP contribution in [0.25, 0.3) is 0 Å². The summed E-state index contributed by atoms with van der Waals surface area (Å²) in [5.41, 5.74) is 3.12. The van der Waals surface area contributed by atoms with Gasteiger partial charge in [-0.25, -0.2) is 4.79 Å². The molecule has 2 aromatic rings. The van der Waals surface area contributed by atoms with E-state index in [1.807, 2.05) is 83.1 Å². The Bertz CT molecular complexity index is 1040. The highest BCUT2D eigenvalue weighted by Crippen LogP contribution is 2.26. The molecular formula is C29H41N3O4. The van der Waals surface area contributed by atoms with Crippen molar-refractivity contribution in [2.24, 2.45) is 5.92 Å². The Hall–Kier alpha value is -3.35. The van der Waals surface area contributed by atoms with Gasteiger partial charge in [0.15, 0.2) is 0 Å². The van der Waals surface area contributed by atoms with Gasteiger partial charge in [0, 0.05) is 13.1 Å². The molecule has 0 fully saturated rings. The van der Waals surface area contributed by atoms with E-state index < -0.39 is 23.8 Å². The fourth-order valence-electron chi connectivity index (χ4n) is 3.88. The third kappa shape index (κ3) is 8.11. The number of alkyl carbamates (subject to hydrolysis) is 1. The molecule has 7 nitrogen and oxygen atoms in total. The minimum atomic E-state index is -0.854. The molecule has 0 bridgehead atoms. The molecule has 36 heavy (non-hydrogen) atoms. The van der Waals surface area contributed by atoms with E-state index >= 15 is 0 Å². The van der Waals surface area contributed by atoms with Crippen molar-refractivity contribution in [3.8, 4) is 0 Å². The number of carbonyl (C=O) groups is 3. The standard InChI is InChI=1S/C29H41N3O4/c1-9-32(27(34)24(19(2)3)31-28(35)36-29(6,7)8)25(23-16-15-20(4)21(5)17-23)26(33)30-18-22-13-11-10-12-14-22/h10-17,19,24-25H,9,18H2,1-8H3,(H,30,33)(H,31,35). The monoisotopic (exact) mass is 495 g/mol. The number of nitrogens with zero attached hydrogens (tertiary/aromatic N) is 1. The molecule has 2 N–H and O–H groups in total. The van der Waals surface area contributed by atoms with Gasteiger partial charge in [-0.05, 0) is 69.7 Å². The molecule has 0 aliphatic heterocycles. The summed E-state index contributed by atoms with van der Waals surface area (Å²) in [6.45, 7) is 15.5. The van der Waals surface area contributed by atoms with Crippen LogP contribution in [0.5, 0.6) is 0 Å². The summed E-state index contributed by atoms with van der Waals surface area (Å²) >= 11 is 0. The smallest absolute Gasteiger partial charge is 0.408 e. The summed E-state index contributed by atoms with van der Waals surface area (Å²) in [5.74, 6) is -0.833. The third-order valence-electron chi connectivity index (χ3n) is 5.95. The van der Waals surface area contributed by atoms with Crippen molar-refractivity contribution in [2.45, 2.75) is 79.6 Å². The number of amides is 3. The van der Waals surface area contributed by atoms with E-state index in [1.165, 1.54) is 4.90 Å². The van der Waals surface area contributed by atoms with Crippen LogP contribution in [-0.4, -0.2) is 41.0 Å². The van der Waals surface area contributed by atoms with Crippen LogP contribution < -0.4 is 10.6 Å². The summed E-state index contributed by atoms with van der Waals surface area (Å²) in [5, 5.41) is 5.72. The van der Waals surface area contributed by atoms with Gasteiger partial charge in [-0.1, -0.05) is 62.4 Å². The number of rotatable bonds is 9. The Labute approximate surface area is 215 Å². The van der Waals surface area contributed by atoms with Crippen molar-refractivity contribution in [1.82, 2.24) is 15.5 Å². The maximum absolute atomic E-state index is 13.8. The van der Waals surface area contributed by atoms with Crippen LogP contribution in [0.1, 0.15) is 69.8 Å². The predicted molar refractivity (Wildman–Crippen MR) is 142 cm³/mol.